The number of anilines is 1. The topological polar surface area (TPSA) is 42.0 Å². The number of thiazole rings is 1. The van der Waals surface area contributed by atoms with Crippen LogP contribution in [0.3, 0.4) is 0 Å². The first-order chi connectivity index (χ1) is 12.4. The SMILES string of the molecule is Cc1nc(C(F)F)c(NC(=O)c2ccccc2-c2ccc(Cl)c(F)c2)s1. The van der Waals surface area contributed by atoms with E-state index in [1.807, 2.05) is 0 Å². The lowest BCUT2D eigenvalue weighted by molar-refractivity contribution is 0.102. The predicted octanol–water partition coefficient (Wildman–Crippen LogP) is 6.10. The maximum atomic E-state index is 13.8. The summed E-state index contributed by atoms with van der Waals surface area (Å²) >= 11 is 6.67. The van der Waals surface area contributed by atoms with Crippen molar-refractivity contribution in [1.82, 2.24) is 4.98 Å². The molecule has 0 saturated carbocycles. The third-order valence-corrected chi connectivity index (χ3v) is 4.80. The Bertz CT molecular complexity index is 975. The molecule has 2 aromatic carbocycles. The molecule has 1 heterocycles. The summed E-state index contributed by atoms with van der Waals surface area (Å²) < 4.78 is 39.9. The molecule has 3 aromatic rings. The Morgan fingerprint density at radius 1 is 1.23 bits per heavy atom. The highest BCUT2D eigenvalue weighted by molar-refractivity contribution is 7.16. The number of carbonyl (C=O) groups excluding carboxylic acids is 1. The highest BCUT2D eigenvalue weighted by atomic mass is 35.5. The molecule has 3 rings (SSSR count). The van der Waals surface area contributed by atoms with Crippen molar-refractivity contribution in [3.8, 4) is 11.1 Å². The van der Waals surface area contributed by atoms with Crippen LogP contribution in [0.1, 0.15) is 27.5 Å². The summed E-state index contributed by atoms with van der Waals surface area (Å²) in [6, 6.07) is 10.7. The van der Waals surface area contributed by atoms with Gasteiger partial charge in [-0.15, -0.1) is 11.3 Å². The van der Waals surface area contributed by atoms with Gasteiger partial charge in [0.1, 0.15) is 16.5 Å². The molecule has 0 aliphatic carbocycles. The molecule has 3 nitrogen and oxygen atoms in total. The van der Waals surface area contributed by atoms with Gasteiger partial charge in [-0.2, -0.15) is 0 Å². The molecule has 1 N–H and O–H groups in total. The number of hydrogen-bond donors (Lipinski definition) is 1. The molecule has 0 radical (unpaired) electrons. The zero-order chi connectivity index (χ0) is 18.8. The number of nitrogens with zero attached hydrogens (tertiary/aromatic N) is 1. The second-order valence-electron chi connectivity index (χ2n) is 5.38. The van der Waals surface area contributed by atoms with E-state index in [1.54, 1.807) is 31.2 Å². The number of carbonyl (C=O) groups is 1. The number of alkyl halides is 2. The van der Waals surface area contributed by atoms with Crippen molar-refractivity contribution in [1.29, 1.82) is 0 Å². The molecule has 0 aliphatic heterocycles. The zero-order valence-electron chi connectivity index (χ0n) is 13.4. The standard InChI is InChI=1S/C18H12ClF3N2OS/c1-9-23-15(16(21)22)18(26-9)24-17(25)12-5-3-2-4-11(12)10-6-7-13(19)14(20)8-10/h2-8,16H,1H3,(H,24,25). The fourth-order valence-corrected chi connectivity index (χ4v) is 3.39. The maximum Gasteiger partial charge on any atom is 0.283 e. The van der Waals surface area contributed by atoms with E-state index in [0.717, 1.165) is 11.3 Å². The Kier molecular flexibility index (Phi) is 5.29. The highest BCUT2D eigenvalue weighted by Crippen LogP contribution is 2.33. The number of benzene rings is 2. The smallest absolute Gasteiger partial charge is 0.283 e. The summed E-state index contributed by atoms with van der Waals surface area (Å²) in [4.78, 5) is 16.4. The Morgan fingerprint density at radius 3 is 2.65 bits per heavy atom. The van der Waals surface area contributed by atoms with Gasteiger partial charge in [-0.25, -0.2) is 18.2 Å². The van der Waals surface area contributed by atoms with E-state index < -0.39 is 23.8 Å². The van der Waals surface area contributed by atoms with Crippen LogP contribution in [0.5, 0.6) is 0 Å². The largest absolute Gasteiger partial charge is 0.312 e. The number of amides is 1. The van der Waals surface area contributed by atoms with Crippen molar-refractivity contribution in [3.05, 3.63) is 69.6 Å². The molecule has 8 heteroatoms. The lowest BCUT2D eigenvalue weighted by Crippen LogP contribution is -2.13. The minimum absolute atomic E-state index is 0.000380. The van der Waals surface area contributed by atoms with Crippen LogP contribution in [0.25, 0.3) is 11.1 Å². The first kappa shape index (κ1) is 18.4. The Hall–Kier alpha value is -2.38. The second-order valence-corrected chi connectivity index (χ2v) is 6.99. The summed E-state index contributed by atoms with van der Waals surface area (Å²) in [6.45, 7) is 1.58. The fraction of sp³-hybridized carbons (Fsp3) is 0.111. The van der Waals surface area contributed by atoms with Crippen molar-refractivity contribution in [2.45, 2.75) is 13.3 Å². The summed E-state index contributed by atoms with van der Waals surface area (Å²) in [5, 5.41) is 2.87. The van der Waals surface area contributed by atoms with Crippen molar-refractivity contribution < 1.29 is 18.0 Å². The van der Waals surface area contributed by atoms with Crippen molar-refractivity contribution in [3.63, 3.8) is 0 Å². The lowest BCUT2D eigenvalue weighted by atomic mass is 9.99. The molecule has 1 aromatic heterocycles. The number of hydrogen-bond acceptors (Lipinski definition) is 3. The van der Waals surface area contributed by atoms with Crippen LogP contribution in [-0.2, 0) is 0 Å². The highest BCUT2D eigenvalue weighted by Gasteiger charge is 2.21. The number of aryl methyl sites for hydroxylation is 1. The molecule has 1 amide bonds. The monoisotopic (exact) mass is 396 g/mol. The van der Waals surface area contributed by atoms with Crippen LogP contribution in [0, 0.1) is 12.7 Å². The van der Waals surface area contributed by atoms with E-state index in [2.05, 4.69) is 10.3 Å². The summed E-state index contributed by atoms with van der Waals surface area (Å²) in [5.41, 5.74) is 0.670. The minimum Gasteiger partial charge on any atom is -0.312 e. The van der Waals surface area contributed by atoms with Crippen LogP contribution in [0.2, 0.25) is 5.02 Å². The van der Waals surface area contributed by atoms with Crippen LogP contribution < -0.4 is 5.32 Å². The van der Waals surface area contributed by atoms with E-state index in [-0.39, 0.29) is 15.6 Å². The molecule has 0 atom stereocenters. The van der Waals surface area contributed by atoms with Crippen LogP contribution >= 0.6 is 22.9 Å². The van der Waals surface area contributed by atoms with Crippen molar-refractivity contribution in [2.75, 3.05) is 5.32 Å². The van der Waals surface area contributed by atoms with Crippen molar-refractivity contribution in [2.24, 2.45) is 0 Å². The Labute approximate surface area is 156 Å². The molecule has 26 heavy (non-hydrogen) atoms. The predicted molar refractivity (Wildman–Crippen MR) is 96.6 cm³/mol. The molecule has 0 saturated heterocycles. The van der Waals surface area contributed by atoms with Crippen LogP contribution in [0.4, 0.5) is 18.2 Å². The summed E-state index contributed by atoms with van der Waals surface area (Å²) in [6.07, 6.45) is -2.80. The Morgan fingerprint density at radius 2 is 1.96 bits per heavy atom. The molecule has 0 spiro atoms. The first-order valence-electron chi connectivity index (χ1n) is 7.48. The molecule has 0 fully saturated rings. The number of aromatic nitrogens is 1. The second kappa shape index (κ2) is 7.47. The van der Waals surface area contributed by atoms with E-state index in [0.29, 0.717) is 16.1 Å². The number of rotatable bonds is 4. The van der Waals surface area contributed by atoms with Crippen molar-refractivity contribution >= 4 is 33.8 Å². The van der Waals surface area contributed by atoms with Gasteiger partial charge in [0.05, 0.1) is 10.0 Å². The molecule has 0 bridgehead atoms. The average molecular weight is 397 g/mol. The van der Waals surface area contributed by atoms with Gasteiger partial charge in [0.25, 0.3) is 12.3 Å². The van der Waals surface area contributed by atoms with Gasteiger partial charge in [-0.05, 0) is 36.2 Å². The zero-order valence-corrected chi connectivity index (χ0v) is 15.0. The average Bonchev–Trinajstić information content (AvgIpc) is 2.98. The molecule has 0 aliphatic rings. The first-order valence-corrected chi connectivity index (χ1v) is 8.67. The molecular weight excluding hydrogens is 385 g/mol. The normalized spacial score (nSPS) is 11.0. The van der Waals surface area contributed by atoms with Crippen LogP contribution in [-0.4, -0.2) is 10.9 Å². The number of halogens is 4. The van der Waals surface area contributed by atoms with E-state index in [9.17, 15) is 18.0 Å². The molecular formula is C18H12ClF3N2OS. The third kappa shape index (κ3) is 3.73. The van der Waals surface area contributed by atoms with Gasteiger partial charge in [0, 0.05) is 5.56 Å². The summed E-state index contributed by atoms with van der Waals surface area (Å²) in [5.74, 6) is -1.20. The van der Waals surface area contributed by atoms with Gasteiger partial charge in [0.2, 0.25) is 0 Å². The lowest BCUT2D eigenvalue weighted by Gasteiger charge is -2.11. The molecule has 134 valence electrons. The van der Waals surface area contributed by atoms with Gasteiger partial charge in [0.15, 0.2) is 0 Å². The Balaban J connectivity index is 1.97. The van der Waals surface area contributed by atoms with Gasteiger partial charge >= 0.3 is 0 Å². The van der Waals surface area contributed by atoms with Crippen LogP contribution in [0.15, 0.2) is 42.5 Å². The molecule has 0 unspecified atom stereocenters. The third-order valence-electron chi connectivity index (χ3n) is 3.60. The number of nitrogens with one attached hydrogen (secondary N) is 1. The minimum atomic E-state index is -2.80. The maximum absolute atomic E-state index is 13.8. The van der Waals surface area contributed by atoms with E-state index in [4.69, 9.17) is 11.6 Å². The fourth-order valence-electron chi connectivity index (χ4n) is 2.45. The van der Waals surface area contributed by atoms with Gasteiger partial charge in [-0.3, -0.25) is 4.79 Å². The summed E-state index contributed by atoms with van der Waals surface area (Å²) in [7, 11) is 0. The van der Waals surface area contributed by atoms with Gasteiger partial charge < -0.3 is 5.32 Å². The quantitative estimate of drug-likeness (QED) is 0.578. The van der Waals surface area contributed by atoms with E-state index in [1.165, 1.54) is 18.2 Å². The van der Waals surface area contributed by atoms with E-state index >= 15 is 0 Å². The van der Waals surface area contributed by atoms with Gasteiger partial charge in [-0.1, -0.05) is 35.9 Å².